The van der Waals surface area contributed by atoms with Crippen LogP contribution in [-0.2, 0) is 0 Å². The predicted molar refractivity (Wildman–Crippen MR) is 106 cm³/mol. The molecular weight excluding hydrogens is 381 g/mol. The minimum Gasteiger partial charge on any atom is -0.360 e. The lowest BCUT2D eigenvalue weighted by Crippen LogP contribution is -2.43. The van der Waals surface area contributed by atoms with E-state index in [9.17, 15) is 13.2 Å². The number of amidine groups is 1. The molecule has 0 amide bonds. The largest absolute Gasteiger partial charge is 0.431 e. The standard InChI is InChI=1S/C20H21F3N6/c21-20(22,23)17-10-16-15(27-28-17)3-4-18(26-16)29-8-5-12(6-9-29)14-11-25-19-13(14)2-1-7-24-19/h1-2,7,11-12,16H,3-6,8-10H2,(H,24,25). The summed E-state index contributed by atoms with van der Waals surface area (Å²) in [5.74, 6) is 1.36. The summed E-state index contributed by atoms with van der Waals surface area (Å²) in [7, 11) is 0. The van der Waals surface area contributed by atoms with Gasteiger partial charge in [-0.2, -0.15) is 23.4 Å². The summed E-state index contributed by atoms with van der Waals surface area (Å²) >= 11 is 0. The van der Waals surface area contributed by atoms with Gasteiger partial charge in [0.15, 0.2) is 0 Å². The topological polar surface area (TPSA) is 69.0 Å². The number of piperidine rings is 1. The molecule has 0 aliphatic carbocycles. The minimum atomic E-state index is -4.44. The van der Waals surface area contributed by atoms with Crippen molar-refractivity contribution in [3.05, 3.63) is 30.1 Å². The van der Waals surface area contributed by atoms with Crippen LogP contribution in [0.4, 0.5) is 13.2 Å². The zero-order chi connectivity index (χ0) is 20.0. The molecule has 0 aromatic carbocycles. The van der Waals surface area contributed by atoms with Crippen LogP contribution in [0.25, 0.3) is 11.0 Å². The number of alkyl halides is 3. The molecule has 5 rings (SSSR count). The van der Waals surface area contributed by atoms with Crippen LogP contribution < -0.4 is 0 Å². The van der Waals surface area contributed by atoms with E-state index in [1.54, 1.807) is 6.20 Å². The van der Waals surface area contributed by atoms with Crippen LogP contribution >= 0.6 is 0 Å². The fourth-order valence-electron chi connectivity index (χ4n) is 4.53. The van der Waals surface area contributed by atoms with Crippen molar-refractivity contribution in [2.45, 2.75) is 50.2 Å². The second-order valence-electron chi connectivity index (χ2n) is 7.81. The van der Waals surface area contributed by atoms with E-state index in [1.807, 2.05) is 6.07 Å². The van der Waals surface area contributed by atoms with Gasteiger partial charge in [-0.3, -0.25) is 4.99 Å². The van der Waals surface area contributed by atoms with E-state index < -0.39 is 17.9 Å². The van der Waals surface area contributed by atoms with Crippen molar-refractivity contribution in [2.75, 3.05) is 13.1 Å². The second-order valence-corrected chi connectivity index (χ2v) is 7.81. The number of nitrogens with one attached hydrogen (secondary N) is 1. The molecule has 0 bridgehead atoms. The van der Waals surface area contributed by atoms with Gasteiger partial charge in [0.25, 0.3) is 0 Å². The average molecular weight is 402 g/mol. The molecule has 5 heterocycles. The Kier molecular flexibility index (Phi) is 4.40. The maximum atomic E-state index is 13.0. The molecule has 6 nitrogen and oxygen atoms in total. The van der Waals surface area contributed by atoms with Gasteiger partial charge >= 0.3 is 6.18 Å². The average Bonchev–Trinajstić information content (AvgIpc) is 3.16. The number of nitrogens with zero attached hydrogens (tertiary/aromatic N) is 5. The maximum Gasteiger partial charge on any atom is 0.431 e. The SMILES string of the molecule is FC(F)(F)C1=NN=C2CCC(N3CCC(c4c[nH]c5ncccc45)CC3)=NC2C1. The van der Waals surface area contributed by atoms with Crippen LogP contribution in [0.3, 0.4) is 0 Å². The van der Waals surface area contributed by atoms with E-state index in [4.69, 9.17) is 0 Å². The highest BCUT2D eigenvalue weighted by Gasteiger charge is 2.41. The van der Waals surface area contributed by atoms with Crippen LogP contribution in [0.2, 0.25) is 0 Å². The fraction of sp³-hybridized carbons (Fsp3) is 0.500. The lowest BCUT2D eigenvalue weighted by Gasteiger charge is -2.37. The van der Waals surface area contributed by atoms with Crippen molar-refractivity contribution in [2.24, 2.45) is 15.2 Å². The van der Waals surface area contributed by atoms with Crippen LogP contribution in [-0.4, -0.2) is 57.4 Å². The first-order chi connectivity index (χ1) is 14.0. The number of pyridine rings is 1. The third kappa shape index (κ3) is 3.42. The Morgan fingerprint density at radius 1 is 1.10 bits per heavy atom. The number of hydrogen-bond acceptors (Lipinski definition) is 5. The van der Waals surface area contributed by atoms with E-state index in [-0.39, 0.29) is 6.42 Å². The fourth-order valence-corrected chi connectivity index (χ4v) is 4.53. The van der Waals surface area contributed by atoms with E-state index in [2.05, 4.69) is 42.3 Å². The van der Waals surface area contributed by atoms with Gasteiger partial charge in [0.05, 0.1) is 11.8 Å². The molecule has 1 atom stereocenters. The van der Waals surface area contributed by atoms with Gasteiger partial charge in [0.2, 0.25) is 0 Å². The number of aromatic nitrogens is 2. The summed E-state index contributed by atoms with van der Waals surface area (Å²) in [6.45, 7) is 1.71. The number of aliphatic imine (C=N–C) groups is 1. The van der Waals surface area contributed by atoms with Crippen molar-refractivity contribution in [3.8, 4) is 0 Å². The highest BCUT2D eigenvalue weighted by molar-refractivity contribution is 6.05. The van der Waals surface area contributed by atoms with E-state index in [1.165, 1.54) is 10.9 Å². The number of aromatic amines is 1. The van der Waals surface area contributed by atoms with E-state index in [0.29, 0.717) is 24.5 Å². The lowest BCUT2D eigenvalue weighted by molar-refractivity contribution is -0.0609. The third-order valence-corrected chi connectivity index (χ3v) is 6.09. The van der Waals surface area contributed by atoms with Gasteiger partial charge in [0, 0.05) is 43.7 Å². The Bertz CT molecular complexity index is 1010. The van der Waals surface area contributed by atoms with Crippen molar-refractivity contribution in [1.82, 2.24) is 14.9 Å². The molecule has 3 aliphatic heterocycles. The first kappa shape index (κ1) is 18.3. The quantitative estimate of drug-likeness (QED) is 0.781. The van der Waals surface area contributed by atoms with Gasteiger partial charge in [-0.25, -0.2) is 4.98 Å². The summed E-state index contributed by atoms with van der Waals surface area (Å²) in [4.78, 5) is 14.5. The van der Waals surface area contributed by atoms with E-state index in [0.717, 1.165) is 37.4 Å². The zero-order valence-corrected chi connectivity index (χ0v) is 15.8. The van der Waals surface area contributed by atoms with Crippen molar-refractivity contribution in [1.29, 1.82) is 0 Å². The molecule has 0 spiro atoms. The van der Waals surface area contributed by atoms with Crippen molar-refractivity contribution in [3.63, 3.8) is 0 Å². The zero-order valence-electron chi connectivity index (χ0n) is 15.8. The Morgan fingerprint density at radius 3 is 2.72 bits per heavy atom. The molecule has 0 radical (unpaired) electrons. The predicted octanol–water partition coefficient (Wildman–Crippen LogP) is 4.07. The van der Waals surface area contributed by atoms with Gasteiger partial charge in [-0.1, -0.05) is 0 Å². The van der Waals surface area contributed by atoms with Crippen molar-refractivity contribution >= 4 is 28.3 Å². The molecule has 2 aromatic heterocycles. The summed E-state index contributed by atoms with van der Waals surface area (Å²) in [6.07, 6.45) is 2.52. The highest BCUT2D eigenvalue weighted by atomic mass is 19.4. The molecule has 29 heavy (non-hydrogen) atoms. The molecule has 1 N–H and O–H groups in total. The van der Waals surface area contributed by atoms with Gasteiger partial charge in [-0.15, -0.1) is 0 Å². The minimum absolute atomic E-state index is 0.204. The first-order valence-electron chi connectivity index (χ1n) is 9.93. The number of likely N-dealkylation sites (tertiary alicyclic amines) is 1. The van der Waals surface area contributed by atoms with Crippen LogP contribution in [0.15, 0.2) is 39.7 Å². The Hall–Kier alpha value is -2.71. The molecule has 2 aromatic rings. The van der Waals surface area contributed by atoms with Crippen LogP contribution in [0, 0.1) is 0 Å². The summed E-state index contributed by atoms with van der Waals surface area (Å²) < 4.78 is 38.9. The van der Waals surface area contributed by atoms with Gasteiger partial charge in [-0.05, 0) is 42.9 Å². The number of fused-ring (bicyclic) bond motifs is 2. The van der Waals surface area contributed by atoms with Crippen LogP contribution in [0.5, 0.6) is 0 Å². The Morgan fingerprint density at radius 2 is 1.93 bits per heavy atom. The smallest absolute Gasteiger partial charge is 0.360 e. The molecule has 3 aliphatic rings. The van der Waals surface area contributed by atoms with E-state index >= 15 is 0 Å². The molecule has 1 fully saturated rings. The first-order valence-corrected chi connectivity index (χ1v) is 9.93. The number of hydrogen-bond donors (Lipinski definition) is 1. The highest BCUT2D eigenvalue weighted by Crippen LogP contribution is 2.34. The summed E-state index contributed by atoms with van der Waals surface area (Å²) in [5.41, 5.74) is 2.05. The molecule has 9 heteroatoms. The molecule has 0 saturated carbocycles. The molecule has 1 unspecified atom stereocenters. The number of rotatable bonds is 1. The summed E-state index contributed by atoms with van der Waals surface area (Å²) in [6, 6.07) is 3.52. The number of H-pyrrole nitrogens is 1. The molecule has 152 valence electrons. The van der Waals surface area contributed by atoms with Gasteiger partial charge in [0.1, 0.15) is 17.2 Å². The van der Waals surface area contributed by atoms with Crippen LogP contribution in [0.1, 0.15) is 43.6 Å². The molecular formula is C20H21F3N6. The Balaban J connectivity index is 1.28. The monoisotopic (exact) mass is 402 g/mol. The lowest BCUT2D eigenvalue weighted by atomic mass is 9.89. The van der Waals surface area contributed by atoms with Gasteiger partial charge < -0.3 is 9.88 Å². The molecule has 1 saturated heterocycles. The second kappa shape index (κ2) is 6.96. The summed E-state index contributed by atoms with van der Waals surface area (Å²) in [5, 5.41) is 8.35. The Labute approximate surface area is 165 Å². The number of halogens is 3. The normalized spacial score (nSPS) is 23.5. The maximum absolute atomic E-state index is 13.0. The third-order valence-electron chi connectivity index (χ3n) is 6.09. The van der Waals surface area contributed by atoms with Crippen molar-refractivity contribution < 1.29 is 13.2 Å².